The highest BCUT2D eigenvalue weighted by Gasteiger charge is 2.11. The normalized spacial score (nSPS) is 10.3. The lowest BCUT2D eigenvalue weighted by Crippen LogP contribution is -2.07. The topological polar surface area (TPSA) is 21.3 Å². The fourth-order valence-corrected chi connectivity index (χ4v) is 1.94. The van der Waals surface area contributed by atoms with E-state index < -0.39 is 0 Å². The van der Waals surface area contributed by atoms with E-state index in [1.54, 1.807) is 7.11 Å². The highest BCUT2D eigenvalue weighted by atomic mass is 35.5. The fourth-order valence-electron chi connectivity index (χ4n) is 1.81. The number of halogens is 1. The van der Waals surface area contributed by atoms with Gasteiger partial charge in [0.15, 0.2) is 0 Å². The van der Waals surface area contributed by atoms with Crippen molar-refractivity contribution in [2.45, 2.75) is 27.2 Å². The first-order valence-corrected chi connectivity index (χ1v) is 6.10. The molecule has 0 amide bonds. The van der Waals surface area contributed by atoms with Crippen LogP contribution in [0, 0.1) is 20.8 Å². The second kappa shape index (κ2) is 6.00. The van der Waals surface area contributed by atoms with Crippen LogP contribution >= 0.6 is 11.6 Å². The predicted molar refractivity (Wildman–Crippen MR) is 71.0 cm³/mol. The van der Waals surface area contributed by atoms with Crippen LogP contribution in [0.5, 0.6) is 5.75 Å². The largest absolute Gasteiger partial charge is 0.494 e. The van der Waals surface area contributed by atoms with E-state index in [0.29, 0.717) is 5.88 Å². The third-order valence-electron chi connectivity index (χ3n) is 2.80. The van der Waals surface area contributed by atoms with E-state index in [1.807, 2.05) is 0 Å². The maximum atomic E-state index is 5.67. The lowest BCUT2D eigenvalue weighted by molar-refractivity contribution is 0.412. The summed E-state index contributed by atoms with van der Waals surface area (Å²) in [6.07, 6.45) is 0.955. The van der Waals surface area contributed by atoms with E-state index in [2.05, 4.69) is 32.2 Å². The second-order valence-electron chi connectivity index (χ2n) is 4.01. The van der Waals surface area contributed by atoms with Crippen molar-refractivity contribution < 1.29 is 4.74 Å². The molecule has 90 valence electrons. The molecule has 0 bridgehead atoms. The van der Waals surface area contributed by atoms with Gasteiger partial charge in [-0.15, -0.1) is 11.6 Å². The van der Waals surface area contributed by atoms with Gasteiger partial charge in [0.05, 0.1) is 12.8 Å². The molecule has 2 nitrogen and oxygen atoms in total. The molecular formula is C13H20ClNO. The Morgan fingerprint density at radius 2 is 1.94 bits per heavy atom. The molecule has 0 saturated carbocycles. The molecule has 0 unspecified atom stereocenters. The summed E-state index contributed by atoms with van der Waals surface area (Å²) in [6.45, 7) is 7.16. The van der Waals surface area contributed by atoms with Crippen LogP contribution in [0.1, 0.15) is 23.1 Å². The number of anilines is 1. The molecule has 0 aliphatic rings. The minimum absolute atomic E-state index is 0.680. The van der Waals surface area contributed by atoms with Gasteiger partial charge in [0.25, 0.3) is 0 Å². The van der Waals surface area contributed by atoms with Gasteiger partial charge in [-0.25, -0.2) is 0 Å². The summed E-state index contributed by atoms with van der Waals surface area (Å²) in [6, 6.07) is 2.18. The number of aryl methyl sites for hydroxylation is 2. The first kappa shape index (κ1) is 13.2. The van der Waals surface area contributed by atoms with Gasteiger partial charge in [-0.1, -0.05) is 6.07 Å². The van der Waals surface area contributed by atoms with Gasteiger partial charge >= 0.3 is 0 Å². The van der Waals surface area contributed by atoms with Gasteiger partial charge in [-0.3, -0.25) is 0 Å². The van der Waals surface area contributed by atoms with Crippen LogP contribution in [0.15, 0.2) is 6.07 Å². The second-order valence-corrected chi connectivity index (χ2v) is 4.39. The Kier molecular flexibility index (Phi) is 4.94. The first-order chi connectivity index (χ1) is 7.61. The standard InChI is InChI=1S/C13H20ClNO/c1-9-8-10(2)12(15-7-5-6-14)13(16-4)11(9)3/h8,15H,5-7H2,1-4H3. The molecule has 1 N–H and O–H groups in total. The zero-order chi connectivity index (χ0) is 12.1. The molecule has 0 spiro atoms. The molecule has 0 heterocycles. The van der Waals surface area contributed by atoms with Crippen LogP contribution in [-0.4, -0.2) is 19.5 Å². The molecule has 1 aromatic rings. The van der Waals surface area contributed by atoms with Gasteiger partial charge in [-0.05, 0) is 43.9 Å². The molecule has 0 saturated heterocycles. The first-order valence-electron chi connectivity index (χ1n) is 5.56. The summed E-state index contributed by atoms with van der Waals surface area (Å²) in [5.41, 5.74) is 4.77. The van der Waals surface area contributed by atoms with Gasteiger partial charge in [0, 0.05) is 12.4 Å². The number of rotatable bonds is 5. The molecule has 0 atom stereocenters. The van der Waals surface area contributed by atoms with E-state index >= 15 is 0 Å². The Labute approximate surface area is 103 Å². The molecule has 0 aromatic heterocycles. The van der Waals surface area contributed by atoms with Crippen LogP contribution in [0.3, 0.4) is 0 Å². The molecule has 16 heavy (non-hydrogen) atoms. The van der Waals surface area contributed by atoms with Crippen LogP contribution in [0.25, 0.3) is 0 Å². The Morgan fingerprint density at radius 3 is 2.50 bits per heavy atom. The number of hydrogen-bond donors (Lipinski definition) is 1. The number of alkyl halides is 1. The van der Waals surface area contributed by atoms with Crippen molar-refractivity contribution in [3.63, 3.8) is 0 Å². The minimum atomic E-state index is 0.680. The third-order valence-corrected chi connectivity index (χ3v) is 3.07. The molecular weight excluding hydrogens is 222 g/mol. The summed E-state index contributed by atoms with van der Waals surface area (Å²) < 4.78 is 5.47. The van der Waals surface area contributed by atoms with Crippen molar-refractivity contribution in [3.8, 4) is 5.75 Å². The maximum absolute atomic E-state index is 5.67. The summed E-state index contributed by atoms with van der Waals surface area (Å²) in [5.74, 6) is 1.63. The van der Waals surface area contributed by atoms with Crippen LogP contribution in [0.4, 0.5) is 5.69 Å². The van der Waals surface area contributed by atoms with Crippen LogP contribution < -0.4 is 10.1 Å². The minimum Gasteiger partial charge on any atom is -0.494 e. The van der Waals surface area contributed by atoms with Crippen LogP contribution in [-0.2, 0) is 0 Å². The molecule has 0 aliphatic carbocycles. The smallest absolute Gasteiger partial charge is 0.145 e. The summed E-state index contributed by atoms with van der Waals surface area (Å²) >= 11 is 5.67. The van der Waals surface area contributed by atoms with Crippen LogP contribution in [0.2, 0.25) is 0 Å². The fraction of sp³-hybridized carbons (Fsp3) is 0.538. The van der Waals surface area contributed by atoms with Gasteiger partial charge in [0.1, 0.15) is 5.75 Å². The van der Waals surface area contributed by atoms with Crippen molar-refractivity contribution in [1.29, 1.82) is 0 Å². The molecule has 0 fully saturated rings. The highest BCUT2D eigenvalue weighted by molar-refractivity contribution is 6.17. The third kappa shape index (κ3) is 2.82. The van der Waals surface area contributed by atoms with E-state index in [1.165, 1.54) is 16.7 Å². The Morgan fingerprint density at radius 1 is 1.25 bits per heavy atom. The summed E-state index contributed by atoms with van der Waals surface area (Å²) in [4.78, 5) is 0. The molecule has 1 rings (SSSR count). The average Bonchev–Trinajstić information content (AvgIpc) is 2.26. The molecule has 0 radical (unpaired) electrons. The van der Waals surface area contributed by atoms with E-state index in [4.69, 9.17) is 16.3 Å². The van der Waals surface area contributed by atoms with E-state index in [9.17, 15) is 0 Å². The van der Waals surface area contributed by atoms with Crippen molar-refractivity contribution in [2.24, 2.45) is 0 Å². The quantitative estimate of drug-likeness (QED) is 0.628. The van der Waals surface area contributed by atoms with Crippen molar-refractivity contribution in [3.05, 3.63) is 22.8 Å². The summed E-state index contributed by atoms with van der Waals surface area (Å²) in [5, 5.41) is 3.39. The average molecular weight is 242 g/mol. The zero-order valence-corrected chi connectivity index (χ0v) is 11.2. The lowest BCUT2D eigenvalue weighted by atomic mass is 10.0. The number of methoxy groups -OCH3 is 1. The van der Waals surface area contributed by atoms with Gasteiger partial charge in [0.2, 0.25) is 0 Å². The number of nitrogens with one attached hydrogen (secondary N) is 1. The predicted octanol–water partition coefficient (Wildman–Crippen LogP) is 3.66. The molecule has 1 aromatic carbocycles. The Balaban J connectivity index is 3.01. The van der Waals surface area contributed by atoms with Crippen molar-refractivity contribution in [2.75, 3.05) is 24.9 Å². The number of hydrogen-bond acceptors (Lipinski definition) is 2. The lowest BCUT2D eigenvalue weighted by Gasteiger charge is -2.17. The summed E-state index contributed by atoms with van der Waals surface area (Å²) in [7, 11) is 1.72. The van der Waals surface area contributed by atoms with Gasteiger partial charge < -0.3 is 10.1 Å². The number of ether oxygens (including phenoxy) is 1. The van der Waals surface area contributed by atoms with Crippen molar-refractivity contribution >= 4 is 17.3 Å². The van der Waals surface area contributed by atoms with Gasteiger partial charge in [-0.2, -0.15) is 0 Å². The monoisotopic (exact) mass is 241 g/mol. The highest BCUT2D eigenvalue weighted by Crippen LogP contribution is 2.33. The molecule has 0 aliphatic heterocycles. The number of benzene rings is 1. The van der Waals surface area contributed by atoms with Crippen molar-refractivity contribution in [1.82, 2.24) is 0 Å². The van der Waals surface area contributed by atoms with E-state index in [0.717, 1.165) is 24.4 Å². The maximum Gasteiger partial charge on any atom is 0.145 e. The zero-order valence-electron chi connectivity index (χ0n) is 10.5. The molecule has 3 heteroatoms. The SMILES string of the molecule is COc1c(C)c(C)cc(C)c1NCCCCl. The Bertz CT molecular complexity index is 363. The Hall–Kier alpha value is -0.890. The van der Waals surface area contributed by atoms with E-state index in [-0.39, 0.29) is 0 Å².